The van der Waals surface area contributed by atoms with Crippen molar-refractivity contribution in [2.75, 3.05) is 14.2 Å². The van der Waals surface area contributed by atoms with E-state index >= 15 is 0 Å². The molecule has 5 nitrogen and oxygen atoms in total. The zero-order valence-corrected chi connectivity index (χ0v) is 13.6. The number of carbonyl (C=O) groups is 1. The molecule has 0 radical (unpaired) electrons. The van der Waals surface area contributed by atoms with Crippen molar-refractivity contribution in [3.63, 3.8) is 0 Å². The maximum absolute atomic E-state index is 14.2. The summed E-state index contributed by atoms with van der Waals surface area (Å²) in [5.74, 6) is -0.250. The fourth-order valence-electron chi connectivity index (χ4n) is 2.29. The minimum atomic E-state index is -0.594. The van der Waals surface area contributed by atoms with Crippen molar-refractivity contribution in [2.24, 2.45) is 0 Å². The molecule has 0 aliphatic rings. The van der Waals surface area contributed by atoms with Gasteiger partial charge in [0.05, 0.1) is 31.9 Å². The second-order valence-electron chi connectivity index (χ2n) is 5.12. The predicted molar refractivity (Wildman–Crippen MR) is 86.5 cm³/mol. The molecular formula is C18H17FN2O3. The lowest BCUT2D eigenvalue weighted by Gasteiger charge is -2.17. The van der Waals surface area contributed by atoms with Crippen molar-refractivity contribution in [1.82, 2.24) is 5.32 Å². The number of halogens is 1. The van der Waals surface area contributed by atoms with Gasteiger partial charge in [-0.1, -0.05) is 6.07 Å². The molecule has 0 heterocycles. The number of carbonyl (C=O) groups excluding carboxylic acids is 1. The Morgan fingerprint density at radius 3 is 2.50 bits per heavy atom. The van der Waals surface area contributed by atoms with E-state index in [1.807, 2.05) is 6.07 Å². The number of amides is 1. The molecule has 124 valence electrons. The molecule has 1 atom stereocenters. The van der Waals surface area contributed by atoms with E-state index < -0.39 is 17.8 Å². The number of ether oxygens (including phenoxy) is 2. The maximum atomic E-state index is 14.2. The van der Waals surface area contributed by atoms with Crippen molar-refractivity contribution >= 4 is 5.91 Å². The standard InChI is InChI=1S/C18H17FN2O3/c1-11(14-8-16(23-2)17(24-3)9-15(14)19)21-18(22)13-6-4-5-12(7-13)10-20/h4-9,11H,1-3H3,(H,21,22). The van der Waals surface area contributed by atoms with Gasteiger partial charge in [0, 0.05) is 17.2 Å². The van der Waals surface area contributed by atoms with Gasteiger partial charge in [0.25, 0.3) is 5.91 Å². The van der Waals surface area contributed by atoms with Gasteiger partial charge in [0.1, 0.15) is 5.82 Å². The normalized spacial score (nSPS) is 11.3. The largest absolute Gasteiger partial charge is 0.493 e. The van der Waals surface area contributed by atoms with Crippen molar-refractivity contribution < 1.29 is 18.7 Å². The van der Waals surface area contributed by atoms with E-state index in [-0.39, 0.29) is 11.3 Å². The van der Waals surface area contributed by atoms with Gasteiger partial charge in [-0.2, -0.15) is 5.26 Å². The molecule has 2 aromatic carbocycles. The second-order valence-corrected chi connectivity index (χ2v) is 5.12. The summed E-state index contributed by atoms with van der Waals surface area (Å²) >= 11 is 0. The average molecular weight is 328 g/mol. The highest BCUT2D eigenvalue weighted by Crippen LogP contribution is 2.32. The highest BCUT2D eigenvalue weighted by Gasteiger charge is 2.18. The van der Waals surface area contributed by atoms with E-state index in [0.29, 0.717) is 16.9 Å². The van der Waals surface area contributed by atoms with Crippen molar-refractivity contribution in [3.8, 4) is 17.6 Å². The first kappa shape index (κ1) is 17.3. The molecule has 0 saturated heterocycles. The highest BCUT2D eigenvalue weighted by molar-refractivity contribution is 5.94. The molecule has 6 heteroatoms. The molecular weight excluding hydrogens is 311 g/mol. The smallest absolute Gasteiger partial charge is 0.251 e. The molecule has 1 amide bonds. The summed E-state index contributed by atoms with van der Waals surface area (Å²) in [7, 11) is 2.88. The van der Waals surface area contributed by atoms with Gasteiger partial charge in [0.2, 0.25) is 0 Å². The van der Waals surface area contributed by atoms with E-state index in [1.54, 1.807) is 25.1 Å². The van der Waals surface area contributed by atoms with Crippen LogP contribution in [0.5, 0.6) is 11.5 Å². The minimum absolute atomic E-state index is 0.275. The van der Waals surface area contributed by atoms with Gasteiger partial charge in [-0.25, -0.2) is 4.39 Å². The monoisotopic (exact) mass is 328 g/mol. The van der Waals surface area contributed by atoms with E-state index in [4.69, 9.17) is 14.7 Å². The number of nitriles is 1. The SMILES string of the molecule is COc1cc(F)c(C(C)NC(=O)c2cccc(C#N)c2)cc1OC. The number of methoxy groups -OCH3 is 2. The molecule has 1 N–H and O–H groups in total. The number of hydrogen-bond donors (Lipinski definition) is 1. The first-order valence-electron chi connectivity index (χ1n) is 7.22. The van der Waals surface area contributed by atoms with Crippen molar-refractivity contribution in [2.45, 2.75) is 13.0 Å². The summed E-state index contributed by atoms with van der Waals surface area (Å²) in [4.78, 5) is 12.3. The predicted octanol–water partition coefficient (Wildman–Crippen LogP) is 3.21. The lowest BCUT2D eigenvalue weighted by Crippen LogP contribution is -2.27. The van der Waals surface area contributed by atoms with Crippen LogP contribution in [-0.2, 0) is 0 Å². The van der Waals surface area contributed by atoms with Crippen molar-refractivity contribution in [1.29, 1.82) is 5.26 Å². The Balaban J connectivity index is 2.24. The molecule has 0 aromatic heterocycles. The summed E-state index contributed by atoms with van der Waals surface area (Å²) in [6, 6.07) is 10.4. The topological polar surface area (TPSA) is 71.3 Å². The van der Waals surface area contributed by atoms with Gasteiger partial charge in [-0.3, -0.25) is 4.79 Å². The first-order valence-corrected chi connectivity index (χ1v) is 7.22. The Kier molecular flexibility index (Phi) is 5.38. The van der Waals surface area contributed by atoms with Crippen LogP contribution in [0.25, 0.3) is 0 Å². The summed E-state index contributed by atoms with van der Waals surface area (Å²) in [5, 5.41) is 11.6. The number of benzene rings is 2. The lowest BCUT2D eigenvalue weighted by atomic mass is 10.1. The van der Waals surface area contributed by atoms with E-state index in [2.05, 4.69) is 5.32 Å². The third-order valence-corrected chi connectivity index (χ3v) is 3.57. The van der Waals surface area contributed by atoms with Crippen LogP contribution in [0.3, 0.4) is 0 Å². The second kappa shape index (κ2) is 7.47. The molecule has 0 bridgehead atoms. The molecule has 0 aliphatic heterocycles. The van der Waals surface area contributed by atoms with Crippen LogP contribution in [0.4, 0.5) is 4.39 Å². The Labute approximate surface area is 139 Å². The van der Waals surface area contributed by atoms with Crippen molar-refractivity contribution in [3.05, 3.63) is 58.9 Å². The van der Waals surface area contributed by atoms with Gasteiger partial charge in [0.15, 0.2) is 11.5 Å². The zero-order valence-electron chi connectivity index (χ0n) is 13.6. The number of nitrogens with zero attached hydrogens (tertiary/aromatic N) is 1. The van der Waals surface area contributed by atoms with E-state index in [9.17, 15) is 9.18 Å². The van der Waals surface area contributed by atoms with Crippen LogP contribution in [0, 0.1) is 17.1 Å². The van der Waals surface area contributed by atoms with E-state index in [0.717, 1.165) is 0 Å². The molecule has 0 saturated carbocycles. The number of hydrogen-bond acceptors (Lipinski definition) is 4. The lowest BCUT2D eigenvalue weighted by molar-refractivity contribution is 0.0939. The van der Waals surface area contributed by atoms with Crippen LogP contribution >= 0.6 is 0 Å². The summed E-state index contributed by atoms with van der Waals surface area (Å²) in [6.07, 6.45) is 0. The van der Waals surface area contributed by atoms with Crippen LogP contribution in [-0.4, -0.2) is 20.1 Å². The van der Waals surface area contributed by atoms with Crippen LogP contribution < -0.4 is 14.8 Å². The average Bonchev–Trinajstić information content (AvgIpc) is 2.61. The molecule has 24 heavy (non-hydrogen) atoms. The highest BCUT2D eigenvalue weighted by atomic mass is 19.1. The third-order valence-electron chi connectivity index (χ3n) is 3.57. The Hall–Kier alpha value is -3.07. The van der Waals surface area contributed by atoms with Crippen LogP contribution in [0.1, 0.15) is 34.5 Å². The molecule has 2 aromatic rings. The Morgan fingerprint density at radius 2 is 1.88 bits per heavy atom. The van der Waals surface area contributed by atoms with Gasteiger partial charge < -0.3 is 14.8 Å². The molecule has 0 aliphatic carbocycles. The fraction of sp³-hybridized carbons (Fsp3) is 0.222. The Bertz CT molecular complexity index is 799. The zero-order chi connectivity index (χ0) is 17.7. The van der Waals surface area contributed by atoms with E-state index in [1.165, 1.54) is 32.4 Å². The molecule has 0 fully saturated rings. The Morgan fingerprint density at radius 1 is 1.21 bits per heavy atom. The molecule has 1 unspecified atom stereocenters. The van der Waals surface area contributed by atoms with Crippen LogP contribution in [0.15, 0.2) is 36.4 Å². The fourth-order valence-corrected chi connectivity index (χ4v) is 2.29. The minimum Gasteiger partial charge on any atom is -0.493 e. The molecule has 0 spiro atoms. The third kappa shape index (κ3) is 3.63. The molecule has 2 rings (SSSR count). The number of rotatable bonds is 5. The summed E-state index contributed by atoms with van der Waals surface area (Å²) in [5.41, 5.74) is 0.992. The summed E-state index contributed by atoms with van der Waals surface area (Å²) in [6.45, 7) is 1.66. The summed E-state index contributed by atoms with van der Waals surface area (Å²) < 4.78 is 24.5. The quantitative estimate of drug-likeness (QED) is 0.915. The van der Waals surface area contributed by atoms with Gasteiger partial charge >= 0.3 is 0 Å². The maximum Gasteiger partial charge on any atom is 0.251 e. The van der Waals surface area contributed by atoms with Gasteiger partial charge in [-0.15, -0.1) is 0 Å². The first-order chi connectivity index (χ1) is 11.5. The van der Waals surface area contributed by atoms with Crippen LogP contribution in [0.2, 0.25) is 0 Å². The number of nitrogens with one attached hydrogen (secondary N) is 1. The van der Waals surface area contributed by atoms with Gasteiger partial charge in [-0.05, 0) is 31.2 Å².